The molecule has 0 bridgehead atoms. The Kier molecular flexibility index (Phi) is 9.10. The Morgan fingerprint density at radius 1 is 1.25 bits per heavy atom. The highest BCUT2D eigenvalue weighted by atomic mass is 127. The smallest absolute Gasteiger partial charge is 0.218 e. The zero-order valence-electron chi connectivity index (χ0n) is 13.9. The van der Waals surface area contributed by atoms with Gasteiger partial charge in [0.15, 0.2) is 5.96 Å². The van der Waals surface area contributed by atoms with Gasteiger partial charge in [0.25, 0.3) is 0 Å². The van der Waals surface area contributed by atoms with Crippen LogP contribution in [0.15, 0.2) is 47.6 Å². The number of nitrogens with zero attached hydrogens (tertiary/aromatic N) is 2. The van der Waals surface area contributed by atoms with Gasteiger partial charge in [-0.1, -0.05) is 18.2 Å². The summed E-state index contributed by atoms with van der Waals surface area (Å²) in [5.41, 5.74) is 8.87. The second kappa shape index (κ2) is 10.8. The van der Waals surface area contributed by atoms with Gasteiger partial charge in [0.1, 0.15) is 6.61 Å². The molecule has 3 N–H and O–H groups in total. The van der Waals surface area contributed by atoms with Gasteiger partial charge in [-0.05, 0) is 30.7 Å². The van der Waals surface area contributed by atoms with Gasteiger partial charge < -0.3 is 20.5 Å². The van der Waals surface area contributed by atoms with Crippen molar-refractivity contribution in [3.8, 4) is 5.88 Å². The molecule has 0 aliphatic heterocycles. The summed E-state index contributed by atoms with van der Waals surface area (Å²) in [7, 11) is 1.63. The van der Waals surface area contributed by atoms with Crippen LogP contribution in [0.2, 0.25) is 0 Å². The second-order valence-corrected chi connectivity index (χ2v) is 5.00. The fraction of sp³-hybridized carbons (Fsp3) is 0.294. The van der Waals surface area contributed by atoms with Gasteiger partial charge in [0.2, 0.25) is 5.88 Å². The summed E-state index contributed by atoms with van der Waals surface area (Å²) in [6.45, 7) is 3.37. The number of aryl methyl sites for hydroxylation is 1. The molecule has 6 nitrogen and oxygen atoms in total. The van der Waals surface area contributed by atoms with Crippen LogP contribution in [0.3, 0.4) is 0 Å². The third-order valence-electron chi connectivity index (χ3n) is 3.09. The van der Waals surface area contributed by atoms with Crippen LogP contribution in [-0.4, -0.2) is 31.3 Å². The maximum absolute atomic E-state index is 5.93. The molecule has 0 atom stereocenters. The minimum absolute atomic E-state index is 0. The lowest BCUT2D eigenvalue weighted by Crippen LogP contribution is -2.22. The summed E-state index contributed by atoms with van der Waals surface area (Å²) in [5.74, 6) is 0.902. The second-order valence-electron chi connectivity index (χ2n) is 5.00. The van der Waals surface area contributed by atoms with Gasteiger partial charge in [0.05, 0.1) is 13.2 Å². The van der Waals surface area contributed by atoms with E-state index in [4.69, 9.17) is 15.2 Å². The number of nitrogens with two attached hydrogens (primary N) is 1. The lowest BCUT2D eigenvalue weighted by molar-refractivity contribution is 0.143. The van der Waals surface area contributed by atoms with Crippen molar-refractivity contribution in [2.45, 2.75) is 13.5 Å². The molecule has 1 heterocycles. The third kappa shape index (κ3) is 6.71. The molecular weight excluding hydrogens is 419 g/mol. The monoisotopic (exact) mass is 442 g/mol. The van der Waals surface area contributed by atoms with Crippen LogP contribution in [0.1, 0.15) is 11.1 Å². The zero-order chi connectivity index (χ0) is 16.5. The largest absolute Gasteiger partial charge is 0.475 e. The van der Waals surface area contributed by atoms with Crippen molar-refractivity contribution in [1.82, 2.24) is 4.98 Å². The molecular formula is C17H23IN4O2. The summed E-state index contributed by atoms with van der Waals surface area (Å²) in [5, 5.41) is 3.07. The average molecular weight is 442 g/mol. The van der Waals surface area contributed by atoms with E-state index in [0.717, 1.165) is 16.8 Å². The van der Waals surface area contributed by atoms with E-state index in [1.807, 2.05) is 43.3 Å². The van der Waals surface area contributed by atoms with Crippen molar-refractivity contribution in [1.29, 1.82) is 0 Å². The number of guanidine groups is 1. The molecule has 0 aliphatic carbocycles. The molecule has 2 aromatic rings. The molecule has 0 saturated carbocycles. The number of aromatic nitrogens is 1. The molecule has 1 aromatic heterocycles. The Balaban J connectivity index is 0.00000288. The van der Waals surface area contributed by atoms with Crippen LogP contribution in [0, 0.1) is 6.92 Å². The SMILES string of the molecule is COCCOc1ncccc1CN=C(N)Nc1cccc(C)c1.I. The first-order valence-corrected chi connectivity index (χ1v) is 7.38. The van der Waals surface area contributed by atoms with Crippen molar-refractivity contribution in [3.05, 3.63) is 53.7 Å². The van der Waals surface area contributed by atoms with Crippen LogP contribution >= 0.6 is 24.0 Å². The van der Waals surface area contributed by atoms with Crippen LogP contribution in [-0.2, 0) is 11.3 Å². The normalized spacial score (nSPS) is 10.8. The highest BCUT2D eigenvalue weighted by Crippen LogP contribution is 2.15. The molecule has 0 saturated heterocycles. The molecule has 0 unspecified atom stereocenters. The summed E-state index contributed by atoms with van der Waals surface area (Å²) >= 11 is 0. The molecule has 0 radical (unpaired) electrons. The van der Waals surface area contributed by atoms with E-state index >= 15 is 0 Å². The number of aliphatic imine (C=N–C) groups is 1. The van der Waals surface area contributed by atoms with Gasteiger partial charge in [0, 0.05) is 24.6 Å². The van der Waals surface area contributed by atoms with Gasteiger partial charge in [-0.2, -0.15) is 0 Å². The van der Waals surface area contributed by atoms with Gasteiger partial charge in [-0.3, -0.25) is 0 Å². The number of halogens is 1. The summed E-state index contributed by atoms with van der Waals surface area (Å²) in [4.78, 5) is 8.56. The van der Waals surface area contributed by atoms with Crippen LogP contribution in [0.4, 0.5) is 5.69 Å². The van der Waals surface area contributed by atoms with E-state index in [1.165, 1.54) is 0 Å². The lowest BCUT2D eigenvalue weighted by Gasteiger charge is -2.09. The first-order valence-electron chi connectivity index (χ1n) is 7.38. The number of anilines is 1. The first-order chi connectivity index (χ1) is 11.2. The number of nitrogens with one attached hydrogen (secondary N) is 1. The van der Waals surface area contributed by atoms with Gasteiger partial charge in [-0.25, -0.2) is 9.98 Å². The van der Waals surface area contributed by atoms with E-state index in [9.17, 15) is 0 Å². The van der Waals surface area contributed by atoms with E-state index in [0.29, 0.717) is 31.6 Å². The molecule has 0 spiro atoms. The van der Waals surface area contributed by atoms with Crippen molar-refractivity contribution in [2.24, 2.45) is 10.7 Å². The van der Waals surface area contributed by atoms with Crippen molar-refractivity contribution in [3.63, 3.8) is 0 Å². The summed E-state index contributed by atoms with van der Waals surface area (Å²) in [6.07, 6.45) is 1.68. The van der Waals surface area contributed by atoms with Gasteiger partial charge >= 0.3 is 0 Å². The quantitative estimate of drug-likeness (QED) is 0.298. The predicted octanol–water partition coefficient (Wildman–Crippen LogP) is 2.96. The number of benzene rings is 1. The van der Waals surface area contributed by atoms with Crippen molar-refractivity contribution in [2.75, 3.05) is 25.6 Å². The minimum Gasteiger partial charge on any atom is -0.475 e. The Labute approximate surface area is 159 Å². The third-order valence-corrected chi connectivity index (χ3v) is 3.09. The van der Waals surface area contributed by atoms with Gasteiger partial charge in [-0.15, -0.1) is 24.0 Å². The standard InChI is InChI=1S/C17H22N4O2.HI/c1-13-5-3-7-15(11-13)21-17(18)20-12-14-6-4-8-19-16(14)23-10-9-22-2;/h3-8,11H,9-10,12H2,1-2H3,(H3,18,20,21);1H. The van der Waals surface area contributed by atoms with Crippen LogP contribution in [0.25, 0.3) is 0 Å². The topological polar surface area (TPSA) is 81.8 Å². The fourth-order valence-corrected chi connectivity index (χ4v) is 1.98. The Bertz CT molecular complexity index is 665. The van der Waals surface area contributed by atoms with E-state index in [1.54, 1.807) is 13.3 Å². The molecule has 24 heavy (non-hydrogen) atoms. The van der Waals surface area contributed by atoms with E-state index < -0.39 is 0 Å². The number of ether oxygens (including phenoxy) is 2. The van der Waals surface area contributed by atoms with Crippen molar-refractivity contribution >= 4 is 35.6 Å². The molecule has 0 aliphatic rings. The number of rotatable bonds is 7. The fourth-order valence-electron chi connectivity index (χ4n) is 1.98. The number of methoxy groups -OCH3 is 1. The van der Waals surface area contributed by atoms with E-state index in [2.05, 4.69) is 15.3 Å². The van der Waals surface area contributed by atoms with E-state index in [-0.39, 0.29) is 24.0 Å². The summed E-state index contributed by atoms with van der Waals surface area (Å²) < 4.78 is 10.5. The number of pyridine rings is 1. The highest BCUT2D eigenvalue weighted by Gasteiger charge is 2.04. The van der Waals surface area contributed by atoms with Crippen LogP contribution in [0.5, 0.6) is 5.88 Å². The Morgan fingerprint density at radius 3 is 2.83 bits per heavy atom. The molecule has 7 heteroatoms. The number of hydrogen-bond acceptors (Lipinski definition) is 4. The molecule has 1 aromatic carbocycles. The molecule has 0 fully saturated rings. The highest BCUT2D eigenvalue weighted by molar-refractivity contribution is 14.0. The summed E-state index contributed by atoms with van der Waals surface area (Å²) in [6, 6.07) is 11.7. The Morgan fingerprint density at radius 2 is 2.08 bits per heavy atom. The minimum atomic E-state index is 0. The first kappa shape index (κ1) is 20.2. The molecule has 0 amide bonds. The maximum Gasteiger partial charge on any atom is 0.218 e. The van der Waals surface area contributed by atoms with Crippen molar-refractivity contribution < 1.29 is 9.47 Å². The maximum atomic E-state index is 5.93. The predicted molar refractivity (Wildman–Crippen MR) is 107 cm³/mol. The molecule has 130 valence electrons. The molecule has 2 rings (SSSR count). The average Bonchev–Trinajstić information content (AvgIpc) is 2.54. The zero-order valence-corrected chi connectivity index (χ0v) is 16.2. The lowest BCUT2D eigenvalue weighted by atomic mass is 10.2. The number of hydrogen-bond donors (Lipinski definition) is 2. The Hall–Kier alpha value is -1.87. The van der Waals surface area contributed by atoms with Crippen LogP contribution < -0.4 is 15.8 Å².